The summed E-state index contributed by atoms with van der Waals surface area (Å²) >= 11 is 2.61. The van der Waals surface area contributed by atoms with Gasteiger partial charge in [-0.1, -0.05) is 17.8 Å². The normalized spacial score (nSPS) is 9.83. The second kappa shape index (κ2) is 7.02. The summed E-state index contributed by atoms with van der Waals surface area (Å²) in [6.07, 6.45) is 0. The fourth-order valence-corrected chi connectivity index (χ4v) is 2.52. The zero-order valence-corrected chi connectivity index (χ0v) is 11.6. The highest BCUT2D eigenvalue weighted by Crippen LogP contribution is 2.12. The Morgan fingerprint density at radius 1 is 1.61 bits per heavy atom. The van der Waals surface area contributed by atoms with Crippen molar-refractivity contribution in [1.82, 2.24) is 4.90 Å². The van der Waals surface area contributed by atoms with Crippen molar-refractivity contribution < 1.29 is 4.79 Å². The third-order valence-electron chi connectivity index (χ3n) is 1.96. The number of thiophene rings is 1. The van der Waals surface area contributed by atoms with Gasteiger partial charge in [-0.25, -0.2) is 0 Å². The third-order valence-corrected chi connectivity index (χ3v) is 3.58. The molecule has 98 valence electrons. The van der Waals surface area contributed by atoms with Crippen molar-refractivity contribution >= 4 is 40.1 Å². The number of carbonyl (C=O) groups is 1. The third kappa shape index (κ3) is 5.19. The molecule has 0 aliphatic carbocycles. The second-order valence-electron chi connectivity index (χ2n) is 3.46. The Kier molecular flexibility index (Phi) is 5.66. The molecule has 0 fully saturated rings. The van der Waals surface area contributed by atoms with Gasteiger partial charge in [0.15, 0.2) is 11.1 Å². The van der Waals surface area contributed by atoms with Gasteiger partial charge in [0.1, 0.15) is 0 Å². The van der Waals surface area contributed by atoms with Crippen LogP contribution in [0.4, 0.5) is 0 Å². The molecular formula is C10H15N5OS2. The van der Waals surface area contributed by atoms with Crippen molar-refractivity contribution in [3.05, 3.63) is 22.4 Å². The molecule has 1 aromatic rings. The van der Waals surface area contributed by atoms with Gasteiger partial charge in [-0.15, -0.1) is 11.3 Å². The summed E-state index contributed by atoms with van der Waals surface area (Å²) in [4.78, 5) is 18.0. The lowest BCUT2D eigenvalue weighted by molar-refractivity contribution is -0.127. The topological polar surface area (TPSA) is 109 Å². The van der Waals surface area contributed by atoms with Crippen molar-refractivity contribution in [3.8, 4) is 0 Å². The van der Waals surface area contributed by atoms with E-state index in [1.54, 1.807) is 23.3 Å². The Labute approximate surface area is 114 Å². The second-order valence-corrected chi connectivity index (χ2v) is 5.46. The zero-order chi connectivity index (χ0) is 13.5. The van der Waals surface area contributed by atoms with Crippen LogP contribution in [0.1, 0.15) is 4.88 Å². The van der Waals surface area contributed by atoms with E-state index in [9.17, 15) is 4.79 Å². The average molecular weight is 285 g/mol. The first kappa shape index (κ1) is 14.5. The molecular weight excluding hydrogens is 270 g/mol. The number of hydrogen-bond acceptors (Lipinski definition) is 4. The molecule has 0 spiro atoms. The van der Waals surface area contributed by atoms with E-state index < -0.39 is 0 Å². The fourth-order valence-electron chi connectivity index (χ4n) is 1.11. The van der Waals surface area contributed by atoms with Crippen LogP contribution in [-0.2, 0) is 11.3 Å². The van der Waals surface area contributed by atoms with E-state index in [1.807, 2.05) is 17.5 Å². The number of nitrogens with two attached hydrogens (primary N) is 2. The van der Waals surface area contributed by atoms with Crippen molar-refractivity contribution in [2.45, 2.75) is 6.54 Å². The molecule has 0 saturated carbocycles. The zero-order valence-electron chi connectivity index (χ0n) is 9.92. The number of rotatable bonds is 4. The van der Waals surface area contributed by atoms with E-state index >= 15 is 0 Å². The van der Waals surface area contributed by atoms with Crippen LogP contribution in [0.2, 0.25) is 0 Å². The number of hydrogen-bond donors (Lipinski definition) is 3. The summed E-state index contributed by atoms with van der Waals surface area (Å²) in [5.41, 5.74) is 10.3. The summed E-state index contributed by atoms with van der Waals surface area (Å²) in [6.45, 7) is 0.576. The van der Waals surface area contributed by atoms with Crippen LogP contribution in [-0.4, -0.2) is 34.7 Å². The number of nitrogens with one attached hydrogen (secondary N) is 1. The minimum atomic E-state index is -0.174. The maximum atomic E-state index is 11.8. The lowest BCUT2D eigenvalue weighted by atomic mass is 10.4. The highest BCUT2D eigenvalue weighted by molar-refractivity contribution is 8.14. The van der Waals surface area contributed by atoms with Crippen LogP contribution in [0, 0.1) is 5.41 Å². The van der Waals surface area contributed by atoms with Gasteiger partial charge in [0.2, 0.25) is 5.91 Å². The van der Waals surface area contributed by atoms with Gasteiger partial charge in [-0.3, -0.25) is 10.2 Å². The number of carbonyl (C=O) groups excluding carboxylic acids is 1. The van der Waals surface area contributed by atoms with Gasteiger partial charge in [-0.2, -0.15) is 4.99 Å². The maximum Gasteiger partial charge on any atom is 0.233 e. The summed E-state index contributed by atoms with van der Waals surface area (Å²) in [7, 11) is 1.73. The monoisotopic (exact) mass is 285 g/mol. The highest BCUT2D eigenvalue weighted by Gasteiger charge is 2.11. The van der Waals surface area contributed by atoms with Crippen molar-refractivity contribution in [2.75, 3.05) is 12.8 Å². The van der Waals surface area contributed by atoms with Crippen LogP contribution < -0.4 is 11.5 Å². The fraction of sp³-hybridized carbons (Fsp3) is 0.300. The van der Waals surface area contributed by atoms with E-state index in [2.05, 4.69) is 4.99 Å². The van der Waals surface area contributed by atoms with E-state index in [1.165, 1.54) is 0 Å². The molecule has 0 aliphatic heterocycles. The Balaban J connectivity index is 2.36. The van der Waals surface area contributed by atoms with Crippen LogP contribution in [0.15, 0.2) is 22.5 Å². The summed E-state index contributed by atoms with van der Waals surface area (Å²) in [6, 6.07) is 3.92. The Morgan fingerprint density at radius 2 is 2.33 bits per heavy atom. The van der Waals surface area contributed by atoms with Crippen LogP contribution in [0.3, 0.4) is 0 Å². The van der Waals surface area contributed by atoms with Gasteiger partial charge in [0.25, 0.3) is 0 Å². The molecule has 0 bridgehead atoms. The lowest BCUT2D eigenvalue weighted by Gasteiger charge is -2.15. The van der Waals surface area contributed by atoms with Crippen LogP contribution in [0.5, 0.6) is 0 Å². The minimum absolute atomic E-state index is 0.0622. The average Bonchev–Trinajstić information content (AvgIpc) is 2.77. The summed E-state index contributed by atoms with van der Waals surface area (Å²) in [5.74, 6) is -0.0897. The molecule has 1 amide bonds. The summed E-state index contributed by atoms with van der Waals surface area (Å²) < 4.78 is 0. The highest BCUT2D eigenvalue weighted by atomic mass is 32.2. The predicted octanol–water partition coefficient (Wildman–Crippen LogP) is 0.648. The number of amidine groups is 1. The number of guanidine groups is 1. The van der Waals surface area contributed by atoms with E-state index in [-0.39, 0.29) is 22.8 Å². The van der Waals surface area contributed by atoms with Gasteiger partial charge in [0.05, 0.1) is 12.3 Å². The minimum Gasteiger partial charge on any atom is -0.370 e. The molecule has 1 aromatic heterocycles. The van der Waals surface area contributed by atoms with E-state index in [0.717, 1.165) is 16.6 Å². The first-order valence-corrected chi connectivity index (χ1v) is 6.93. The number of nitrogens with zero attached hydrogens (tertiary/aromatic N) is 2. The van der Waals surface area contributed by atoms with Gasteiger partial charge >= 0.3 is 0 Å². The molecule has 0 aromatic carbocycles. The number of thioether (sulfide) groups is 1. The molecule has 0 atom stereocenters. The van der Waals surface area contributed by atoms with Gasteiger partial charge in [0, 0.05) is 11.9 Å². The molecule has 1 heterocycles. The maximum absolute atomic E-state index is 11.8. The Morgan fingerprint density at radius 3 is 2.89 bits per heavy atom. The first-order valence-electron chi connectivity index (χ1n) is 5.06. The Bertz CT molecular complexity index is 439. The van der Waals surface area contributed by atoms with Gasteiger partial charge in [-0.05, 0) is 11.4 Å². The van der Waals surface area contributed by atoms with Crippen molar-refractivity contribution in [1.29, 1.82) is 5.41 Å². The van der Waals surface area contributed by atoms with Crippen LogP contribution >= 0.6 is 23.1 Å². The molecule has 0 aliphatic rings. The van der Waals surface area contributed by atoms with Crippen molar-refractivity contribution in [3.63, 3.8) is 0 Å². The first-order chi connectivity index (χ1) is 8.49. The molecule has 5 N–H and O–H groups in total. The molecule has 0 unspecified atom stereocenters. The molecule has 0 saturated heterocycles. The Hall–Kier alpha value is -1.54. The molecule has 6 nitrogen and oxygen atoms in total. The standard InChI is InChI=1S/C10H15N5OS2/c1-15(5-7-3-2-4-17-7)8(16)6-18-10(13)14-9(11)12/h2-4H,5-6H2,1H3,(H5,11,12,13,14). The molecule has 0 radical (unpaired) electrons. The van der Waals surface area contributed by atoms with Crippen molar-refractivity contribution in [2.24, 2.45) is 16.5 Å². The molecule has 1 rings (SSSR count). The van der Waals surface area contributed by atoms with Gasteiger partial charge < -0.3 is 16.4 Å². The predicted molar refractivity (Wildman–Crippen MR) is 76.8 cm³/mol. The number of aliphatic imine (C=N–C) groups is 1. The van der Waals surface area contributed by atoms with E-state index in [0.29, 0.717) is 6.54 Å². The smallest absolute Gasteiger partial charge is 0.233 e. The quantitative estimate of drug-likeness (QED) is 0.557. The summed E-state index contributed by atoms with van der Waals surface area (Å²) in [5, 5.41) is 9.30. The number of amides is 1. The SMILES string of the molecule is CN(Cc1cccs1)C(=O)CSC(=N)N=C(N)N. The van der Waals surface area contributed by atoms with E-state index in [4.69, 9.17) is 16.9 Å². The largest absolute Gasteiger partial charge is 0.370 e. The molecule has 8 heteroatoms. The van der Waals surface area contributed by atoms with Crippen LogP contribution in [0.25, 0.3) is 0 Å². The molecule has 18 heavy (non-hydrogen) atoms. The lowest BCUT2D eigenvalue weighted by Crippen LogP contribution is -2.28.